The fraction of sp³-hybridized carbons (Fsp3) is 0.176. The molecule has 0 aliphatic heterocycles. The second kappa shape index (κ2) is 4.83. The molecule has 0 saturated heterocycles. The van der Waals surface area contributed by atoms with Crippen molar-refractivity contribution < 1.29 is 13.2 Å². The van der Waals surface area contributed by atoms with E-state index in [4.69, 9.17) is 0 Å². The molecule has 0 aliphatic carbocycles. The fourth-order valence-electron chi connectivity index (χ4n) is 2.85. The van der Waals surface area contributed by atoms with E-state index in [-0.39, 0.29) is 0 Å². The van der Waals surface area contributed by atoms with Crippen molar-refractivity contribution in [2.24, 2.45) is 7.05 Å². The number of nitrogens with one attached hydrogen (secondary N) is 1. The topological polar surface area (TPSA) is 46.5 Å². The Bertz CT molecular complexity index is 1070. The molecule has 4 rings (SSSR count). The van der Waals surface area contributed by atoms with E-state index in [0.29, 0.717) is 22.4 Å². The minimum Gasteiger partial charge on any atom is -0.352 e. The number of H-pyrrole nitrogens is 1. The van der Waals surface area contributed by atoms with Crippen molar-refractivity contribution in [3.05, 3.63) is 47.7 Å². The van der Waals surface area contributed by atoms with Crippen LogP contribution in [0.5, 0.6) is 0 Å². The minimum atomic E-state index is -4.36. The number of hydrogen-bond donors (Lipinski definition) is 1. The molecule has 0 amide bonds. The van der Waals surface area contributed by atoms with E-state index in [2.05, 4.69) is 15.0 Å². The molecule has 1 N–H and O–H groups in total. The molecular formula is C17H13F3N4. The first-order chi connectivity index (χ1) is 11.3. The summed E-state index contributed by atoms with van der Waals surface area (Å²) in [5, 5.41) is 0.496. The lowest BCUT2D eigenvalue weighted by Crippen LogP contribution is -2.03. The van der Waals surface area contributed by atoms with Crippen LogP contribution in [0, 0.1) is 6.92 Å². The number of aromatic nitrogens is 4. The van der Waals surface area contributed by atoms with Crippen molar-refractivity contribution in [3.63, 3.8) is 0 Å². The van der Waals surface area contributed by atoms with E-state index >= 15 is 0 Å². The Balaban J connectivity index is 1.89. The number of fused-ring (bicyclic) bond motifs is 2. The van der Waals surface area contributed by atoms with Crippen LogP contribution >= 0.6 is 0 Å². The average molecular weight is 330 g/mol. The smallest absolute Gasteiger partial charge is 0.352 e. The zero-order chi connectivity index (χ0) is 17.1. The van der Waals surface area contributed by atoms with E-state index in [0.717, 1.165) is 28.9 Å². The van der Waals surface area contributed by atoms with Crippen LogP contribution in [-0.4, -0.2) is 19.5 Å². The second-order valence-electron chi connectivity index (χ2n) is 5.83. The van der Waals surface area contributed by atoms with E-state index in [1.54, 1.807) is 12.3 Å². The standard InChI is InChI=1S/C17H13F3N4/c1-9-5-13-15(21-8-9)24(2)16(23-13)14-7-10-6-11(17(18,19)20)3-4-12(10)22-14/h3-8,22H,1-2H3. The number of pyridine rings is 1. The third-order valence-electron chi connectivity index (χ3n) is 4.03. The van der Waals surface area contributed by atoms with Crippen molar-refractivity contribution in [1.29, 1.82) is 0 Å². The first-order valence-electron chi connectivity index (χ1n) is 7.32. The predicted octanol–water partition coefficient (Wildman–Crippen LogP) is 4.44. The van der Waals surface area contributed by atoms with E-state index < -0.39 is 11.7 Å². The third-order valence-corrected chi connectivity index (χ3v) is 4.03. The Hall–Kier alpha value is -2.83. The molecule has 24 heavy (non-hydrogen) atoms. The number of aryl methyl sites for hydroxylation is 2. The Morgan fingerprint density at radius 1 is 1.12 bits per heavy atom. The monoisotopic (exact) mass is 330 g/mol. The van der Waals surface area contributed by atoms with Gasteiger partial charge in [0.15, 0.2) is 11.5 Å². The molecule has 0 bridgehead atoms. The molecule has 0 unspecified atom stereocenters. The lowest BCUT2D eigenvalue weighted by molar-refractivity contribution is -0.137. The number of aromatic amines is 1. The van der Waals surface area contributed by atoms with Gasteiger partial charge in [-0.25, -0.2) is 9.97 Å². The van der Waals surface area contributed by atoms with E-state index in [1.165, 1.54) is 6.07 Å². The molecule has 7 heteroatoms. The predicted molar refractivity (Wildman–Crippen MR) is 85.5 cm³/mol. The number of nitrogens with zero attached hydrogens (tertiary/aromatic N) is 3. The number of imidazole rings is 1. The van der Waals surface area contributed by atoms with Crippen molar-refractivity contribution in [2.45, 2.75) is 13.1 Å². The summed E-state index contributed by atoms with van der Waals surface area (Å²) in [5.41, 5.74) is 3.10. The molecule has 122 valence electrons. The molecule has 0 atom stereocenters. The van der Waals surface area contributed by atoms with E-state index in [1.807, 2.05) is 24.6 Å². The average Bonchev–Trinajstić information content (AvgIpc) is 3.06. The van der Waals surface area contributed by atoms with Gasteiger partial charge in [-0.2, -0.15) is 13.2 Å². The van der Waals surface area contributed by atoms with Crippen LogP contribution in [-0.2, 0) is 13.2 Å². The van der Waals surface area contributed by atoms with Gasteiger partial charge in [0, 0.05) is 24.1 Å². The molecule has 0 spiro atoms. The van der Waals surface area contributed by atoms with Gasteiger partial charge in [-0.05, 0) is 42.8 Å². The number of benzene rings is 1. The van der Waals surface area contributed by atoms with Crippen LogP contribution in [0.2, 0.25) is 0 Å². The van der Waals surface area contributed by atoms with Crippen LogP contribution in [0.1, 0.15) is 11.1 Å². The highest BCUT2D eigenvalue weighted by atomic mass is 19.4. The van der Waals surface area contributed by atoms with Crippen LogP contribution in [0.15, 0.2) is 36.5 Å². The van der Waals surface area contributed by atoms with E-state index in [9.17, 15) is 13.2 Å². The maximum absolute atomic E-state index is 12.9. The Labute approximate surface area is 135 Å². The molecule has 3 aromatic heterocycles. The first kappa shape index (κ1) is 14.7. The second-order valence-corrected chi connectivity index (χ2v) is 5.83. The van der Waals surface area contributed by atoms with Gasteiger partial charge < -0.3 is 9.55 Å². The number of hydrogen-bond acceptors (Lipinski definition) is 2. The van der Waals surface area contributed by atoms with Gasteiger partial charge in [0.05, 0.1) is 11.3 Å². The Morgan fingerprint density at radius 3 is 2.67 bits per heavy atom. The van der Waals surface area contributed by atoms with Crippen LogP contribution < -0.4 is 0 Å². The zero-order valence-electron chi connectivity index (χ0n) is 12.9. The highest BCUT2D eigenvalue weighted by Crippen LogP contribution is 2.33. The zero-order valence-corrected chi connectivity index (χ0v) is 12.9. The largest absolute Gasteiger partial charge is 0.416 e. The lowest BCUT2D eigenvalue weighted by atomic mass is 10.1. The first-order valence-corrected chi connectivity index (χ1v) is 7.32. The lowest BCUT2D eigenvalue weighted by Gasteiger charge is -2.05. The molecule has 0 saturated carbocycles. The van der Waals surface area contributed by atoms with Crippen molar-refractivity contribution in [2.75, 3.05) is 0 Å². The van der Waals surface area contributed by atoms with Gasteiger partial charge in [-0.1, -0.05) is 0 Å². The molecule has 4 nitrogen and oxygen atoms in total. The maximum Gasteiger partial charge on any atom is 0.416 e. The van der Waals surface area contributed by atoms with Crippen LogP contribution in [0.4, 0.5) is 13.2 Å². The van der Waals surface area contributed by atoms with Gasteiger partial charge in [-0.3, -0.25) is 0 Å². The van der Waals surface area contributed by atoms with Gasteiger partial charge >= 0.3 is 6.18 Å². The molecule has 0 aliphatic rings. The van der Waals surface area contributed by atoms with Gasteiger partial charge in [0.1, 0.15) is 5.52 Å². The Kier molecular flexibility index (Phi) is 2.97. The van der Waals surface area contributed by atoms with Gasteiger partial charge in [-0.15, -0.1) is 0 Å². The summed E-state index contributed by atoms with van der Waals surface area (Å²) in [7, 11) is 1.83. The summed E-state index contributed by atoms with van der Waals surface area (Å²) < 4.78 is 40.4. The SMILES string of the molecule is Cc1cnc2c(c1)nc(-c1cc3cc(C(F)(F)F)ccc3[nH]1)n2C. The molecule has 0 radical (unpaired) electrons. The number of halogens is 3. The summed E-state index contributed by atoms with van der Waals surface area (Å²) in [6, 6.07) is 7.25. The maximum atomic E-state index is 12.9. The molecule has 0 fully saturated rings. The van der Waals surface area contributed by atoms with Crippen LogP contribution in [0.25, 0.3) is 33.6 Å². The molecule has 3 heterocycles. The third kappa shape index (κ3) is 2.24. The molecular weight excluding hydrogens is 317 g/mol. The van der Waals surface area contributed by atoms with Gasteiger partial charge in [0.2, 0.25) is 0 Å². The minimum absolute atomic E-state index is 0.496. The van der Waals surface area contributed by atoms with Crippen LogP contribution in [0.3, 0.4) is 0 Å². The molecule has 4 aromatic rings. The molecule has 1 aromatic carbocycles. The summed E-state index contributed by atoms with van der Waals surface area (Å²) in [6.45, 7) is 1.93. The number of rotatable bonds is 1. The van der Waals surface area contributed by atoms with Gasteiger partial charge in [0.25, 0.3) is 0 Å². The highest BCUT2D eigenvalue weighted by molar-refractivity contribution is 5.87. The summed E-state index contributed by atoms with van der Waals surface area (Å²) in [5.74, 6) is 0.632. The Morgan fingerprint density at radius 2 is 1.92 bits per heavy atom. The normalized spacial score (nSPS) is 12.4. The summed E-state index contributed by atoms with van der Waals surface area (Å²) >= 11 is 0. The highest BCUT2D eigenvalue weighted by Gasteiger charge is 2.30. The van der Waals surface area contributed by atoms with Crippen molar-refractivity contribution in [1.82, 2.24) is 19.5 Å². The number of alkyl halides is 3. The summed E-state index contributed by atoms with van der Waals surface area (Å²) in [4.78, 5) is 12.0. The van der Waals surface area contributed by atoms with Crippen molar-refractivity contribution in [3.8, 4) is 11.5 Å². The quantitative estimate of drug-likeness (QED) is 0.561. The fourth-order valence-corrected chi connectivity index (χ4v) is 2.85. The van der Waals surface area contributed by atoms with Crippen molar-refractivity contribution >= 4 is 22.1 Å². The summed E-state index contributed by atoms with van der Waals surface area (Å²) in [6.07, 6.45) is -2.60.